The van der Waals surface area contributed by atoms with E-state index < -0.39 is 0 Å². The Bertz CT molecular complexity index is 614. The Balaban J connectivity index is 1.59. The summed E-state index contributed by atoms with van der Waals surface area (Å²) in [6.45, 7) is 2.22. The summed E-state index contributed by atoms with van der Waals surface area (Å²) in [5, 5.41) is 13.6. The lowest BCUT2D eigenvalue weighted by atomic mass is 9.90. The largest absolute Gasteiger partial charge is 0.504 e. The molecule has 1 amide bonds. The standard InChI is InChI=1S/C17H22N2O3/c1-17-8-4-3-5-12(17)15(17)16(21)19-18-10-11-6-7-13(20)14(9-11)22-2/h6-7,9-10,12,15,20H,3-5,8H2,1-2H3,(H,19,21)/b18-10+. The van der Waals surface area contributed by atoms with Gasteiger partial charge in [-0.3, -0.25) is 4.79 Å². The topological polar surface area (TPSA) is 70.9 Å². The van der Waals surface area contributed by atoms with E-state index in [0.717, 1.165) is 18.4 Å². The highest BCUT2D eigenvalue weighted by atomic mass is 16.5. The number of benzene rings is 1. The molecule has 118 valence electrons. The smallest absolute Gasteiger partial charge is 0.244 e. The van der Waals surface area contributed by atoms with Crippen LogP contribution in [0.25, 0.3) is 0 Å². The summed E-state index contributed by atoms with van der Waals surface area (Å²) in [5.41, 5.74) is 3.61. The Kier molecular flexibility index (Phi) is 3.81. The van der Waals surface area contributed by atoms with Gasteiger partial charge in [0.25, 0.3) is 0 Å². The van der Waals surface area contributed by atoms with Crippen LogP contribution in [0.3, 0.4) is 0 Å². The quantitative estimate of drug-likeness (QED) is 0.663. The fraction of sp³-hybridized carbons (Fsp3) is 0.529. The lowest BCUT2D eigenvalue weighted by molar-refractivity contribution is -0.123. The molecule has 22 heavy (non-hydrogen) atoms. The lowest BCUT2D eigenvalue weighted by Gasteiger charge is -2.15. The summed E-state index contributed by atoms with van der Waals surface area (Å²) < 4.78 is 5.04. The Morgan fingerprint density at radius 2 is 2.32 bits per heavy atom. The number of hydrazone groups is 1. The molecule has 2 aliphatic rings. The number of ether oxygens (including phenoxy) is 1. The van der Waals surface area contributed by atoms with Gasteiger partial charge >= 0.3 is 0 Å². The van der Waals surface area contributed by atoms with Crippen LogP contribution in [0.5, 0.6) is 11.5 Å². The number of nitrogens with one attached hydrogen (secondary N) is 1. The number of carbonyl (C=O) groups excluding carboxylic acids is 1. The molecule has 2 aliphatic carbocycles. The molecule has 0 heterocycles. The van der Waals surface area contributed by atoms with Gasteiger partial charge in [0.15, 0.2) is 11.5 Å². The lowest BCUT2D eigenvalue weighted by Crippen LogP contribution is -2.22. The number of hydrogen-bond donors (Lipinski definition) is 2. The molecule has 2 fully saturated rings. The molecule has 5 heteroatoms. The van der Waals surface area contributed by atoms with E-state index in [4.69, 9.17) is 4.74 Å². The first-order valence-electron chi connectivity index (χ1n) is 7.76. The molecule has 0 spiro atoms. The van der Waals surface area contributed by atoms with Gasteiger partial charge in [0.2, 0.25) is 5.91 Å². The minimum absolute atomic E-state index is 0.0244. The maximum absolute atomic E-state index is 12.3. The van der Waals surface area contributed by atoms with Crippen LogP contribution in [0, 0.1) is 17.3 Å². The Morgan fingerprint density at radius 1 is 1.50 bits per heavy atom. The first kappa shape index (κ1) is 14.9. The van der Waals surface area contributed by atoms with Crippen molar-refractivity contribution < 1.29 is 14.6 Å². The second-order valence-corrected chi connectivity index (χ2v) is 6.50. The van der Waals surface area contributed by atoms with Crippen LogP contribution in [-0.4, -0.2) is 24.3 Å². The highest BCUT2D eigenvalue weighted by molar-refractivity contribution is 5.86. The average molecular weight is 302 g/mol. The van der Waals surface area contributed by atoms with Crippen LogP contribution >= 0.6 is 0 Å². The summed E-state index contributed by atoms with van der Waals surface area (Å²) in [6, 6.07) is 4.92. The van der Waals surface area contributed by atoms with Crippen LogP contribution < -0.4 is 10.2 Å². The Labute approximate surface area is 130 Å². The zero-order chi connectivity index (χ0) is 15.7. The molecule has 1 aromatic rings. The average Bonchev–Trinajstić information content (AvgIpc) is 3.14. The fourth-order valence-electron chi connectivity index (χ4n) is 3.86. The van der Waals surface area contributed by atoms with Crippen molar-refractivity contribution in [1.29, 1.82) is 0 Å². The van der Waals surface area contributed by atoms with Crippen molar-refractivity contribution in [2.45, 2.75) is 32.6 Å². The molecule has 0 bridgehead atoms. The second-order valence-electron chi connectivity index (χ2n) is 6.50. The van der Waals surface area contributed by atoms with Gasteiger partial charge in [-0.05, 0) is 47.9 Å². The van der Waals surface area contributed by atoms with E-state index in [-0.39, 0.29) is 23.0 Å². The third kappa shape index (κ3) is 2.56. The van der Waals surface area contributed by atoms with Gasteiger partial charge in [-0.25, -0.2) is 5.43 Å². The van der Waals surface area contributed by atoms with Crippen LogP contribution in [0.4, 0.5) is 0 Å². The van der Waals surface area contributed by atoms with Gasteiger partial charge < -0.3 is 9.84 Å². The SMILES string of the molecule is COc1cc(/C=N/NC(=O)C2C3CCCCC32C)ccc1O. The molecule has 3 atom stereocenters. The fourth-order valence-corrected chi connectivity index (χ4v) is 3.86. The number of phenols is 1. The van der Waals surface area contributed by atoms with Crippen LogP contribution in [0.15, 0.2) is 23.3 Å². The van der Waals surface area contributed by atoms with E-state index in [2.05, 4.69) is 17.5 Å². The third-order valence-corrected chi connectivity index (χ3v) is 5.21. The molecule has 2 saturated carbocycles. The van der Waals surface area contributed by atoms with Crippen molar-refractivity contribution in [3.63, 3.8) is 0 Å². The number of nitrogens with zero attached hydrogens (tertiary/aromatic N) is 1. The number of rotatable bonds is 4. The zero-order valence-corrected chi connectivity index (χ0v) is 13.0. The predicted octanol–water partition coefficient (Wildman–Crippen LogP) is 2.68. The van der Waals surface area contributed by atoms with E-state index in [1.54, 1.807) is 24.4 Å². The molecular formula is C17H22N2O3. The molecule has 0 radical (unpaired) electrons. The van der Waals surface area contributed by atoms with Gasteiger partial charge in [0.05, 0.1) is 13.3 Å². The molecule has 1 aromatic carbocycles. The molecule has 0 aromatic heterocycles. The molecular weight excluding hydrogens is 280 g/mol. The van der Waals surface area contributed by atoms with Crippen molar-refractivity contribution in [3.8, 4) is 11.5 Å². The maximum atomic E-state index is 12.3. The van der Waals surface area contributed by atoms with Gasteiger partial charge in [-0.1, -0.05) is 19.8 Å². The molecule has 5 nitrogen and oxygen atoms in total. The molecule has 0 saturated heterocycles. The molecule has 0 aliphatic heterocycles. The minimum atomic E-state index is 0.0244. The summed E-state index contributed by atoms with van der Waals surface area (Å²) >= 11 is 0. The second kappa shape index (κ2) is 5.63. The van der Waals surface area contributed by atoms with Gasteiger partial charge in [0, 0.05) is 5.92 Å². The van der Waals surface area contributed by atoms with Crippen LogP contribution in [-0.2, 0) is 4.79 Å². The predicted molar refractivity (Wildman–Crippen MR) is 84.0 cm³/mol. The third-order valence-electron chi connectivity index (χ3n) is 5.21. The van der Waals surface area contributed by atoms with Crippen molar-refractivity contribution >= 4 is 12.1 Å². The monoisotopic (exact) mass is 302 g/mol. The van der Waals surface area contributed by atoms with E-state index in [1.165, 1.54) is 20.0 Å². The Morgan fingerprint density at radius 3 is 3.00 bits per heavy atom. The van der Waals surface area contributed by atoms with E-state index in [1.807, 2.05) is 0 Å². The number of amides is 1. The summed E-state index contributed by atoms with van der Waals surface area (Å²) in [7, 11) is 1.49. The summed E-state index contributed by atoms with van der Waals surface area (Å²) in [6.07, 6.45) is 6.34. The first-order chi connectivity index (χ1) is 10.6. The Hall–Kier alpha value is -2.04. The number of carbonyl (C=O) groups is 1. The van der Waals surface area contributed by atoms with E-state index >= 15 is 0 Å². The highest BCUT2D eigenvalue weighted by Crippen LogP contribution is 2.66. The summed E-state index contributed by atoms with van der Waals surface area (Å²) in [4.78, 5) is 12.3. The number of fused-ring (bicyclic) bond motifs is 1. The van der Waals surface area contributed by atoms with Crippen molar-refractivity contribution in [3.05, 3.63) is 23.8 Å². The van der Waals surface area contributed by atoms with Gasteiger partial charge in [-0.2, -0.15) is 5.10 Å². The van der Waals surface area contributed by atoms with Gasteiger partial charge in [0.1, 0.15) is 0 Å². The summed E-state index contributed by atoms with van der Waals surface area (Å²) in [5.74, 6) is 1.14. The maximum Gasteiger partial charge on any atom is 0.244 e. The van der Waals surface area contributed by atoms with Crippen LogP contribution in [0.2, 0.25) is 0 Å². The van der Waals surface area contributed by atoms with E-state index in [0.29, 0.717) is 11.7 Å². The van der Waals surface area contributed by atoms with Crippen molar-refractivity contribution in [2.75, 3.05) is 7.11 Å². The number of hydrogen-bond acceptors (Lipinski definition) is 4. The molecule has 3 rings (SSSR count). The van der Waals surface area contributed by atoms with E-state index in [9.17, 15) is 9.90 Å². The molecule has 2 N–H and O–H groups in total. The van der Waals surface area contributed by atoms with Crippen LogP contribution in [0.1, 0.15) is 38.2 Å². The van der Waals surface area contributed by atoms with Crippen molar-refractivity contribution in [1.82, 2.24) is 5.43 Å². The number of methoxy groups -OCH3 is 1. The highest BCUT2D eigenvalue weighted by Gasteiger charge is 2.64. The van der Waals surface area contributed by atoms with Crippen molar-refractivity contribution in [2.24, 2.45) is 22.4 Å². The zero-order valence-electron chi connectivity index (χ0n) is 13.0. The number of phenolic OH excluding ortho intramolecular Hbond substituents is 1. The number of aromatic hydroxyl groups is 1. The van der Waals surface area contributed by atoms with Gasteiger partial charge in [-0.15, -0.1) is 0 Å². The minimum Gasteiger partial charge on any atom is -0.504 e. The molecule has 3 unspecified atom stereocenters. The normalized spacial score (nSPS) is 29.9. The first-order valence-corrected chi connectivity index (χ1v) is 7.76.